The Morgan fingerprint density at radius 1 is 1.12 bits per heavy atom. The van der Waals surface area contributed by atoms with E-state index in [1.807, 2.05) is 18.3 Å². The zero-order chi connectivity index (χ0) is 23.2. The number of nitrogens with one attached hydrogen (secondary N) is 1. The maximum absolute atomic E-state index is 13.6. The largest absolute Gasteiger partial charge is 0.356 e. The van der Waals surface area contributed by atoms with E-state index in [-0.39, 0.29) is 23.2 Å². The van der Waals surface area contributed by atoms with Crippen LogP contribution in [0.3, 0.4) is 0 Å². The molecule has 1 aromatic carbocycles. The van der Waals surface area contributed by atoms with Gasteiger partial charge in [0, 0.05) is 36.9 Å². The zero-order valence-corrected chi connectivity index (χ0v) is 19.8. The second-order valence-corrected chi connectivity index (χ2v) is 10.8. The first-order valence-electron chi connectivity index (χ1n) is 11.0. The van der Waals surface area contributed by atoms with Crippen LogP contribution in [0.15, 0.2) is 36.5 Å². The van der Waals surface area contributed by atoms with Crippen molar-refractivity contribution in [2.24, 2.45) is 0 Å². The van der Waals surface area contributed by atoms with Crippen LogP contribution in [0.2, 0.25) is 5.02 Å². The number of nitrogens with zero attached hydrogens (tertiary/aromatic N) is 5. The molecule has 5 rings (SSSR count). The normalized spacial score (nSPS) is 18.9. The third kappa shape index (κ3) is 4.49. The molecular weight excluding hydrogens is 464 g/mol. The Morgan fingerprint density at radius 2 is 1.94 bits per heavy atom. The maximum atomic E-state index is 13.6. The van der Waals surface area contributed by atoms with E-state index >= 15 is 0 Å². The molecule has 0 aliphatic carbocycles. The van der Waals surface area contributed by atoms with Gasteiger partial charge < -0.3 is 9.80 Å². The van der Waals surface area contributed by atoms with Crippen LogP contribution in [-0.4, -0.2) is 59.7 Å². The average molecular weight is 489 g/mol. The topological polar surface area (TPSA) is 99.9 Å². The molecule has 2 saturated heterocycles. The molecule has 2 fully saturated rings. The predicted octanol–water partition coefficient (Wildman–Crippen LogP) is 3.33. The Labute approximate surface area is 197 Å². The van der Waals surface area contributed by atoms with Crippen LogP contribution in [0.4, 0.5) is 11.5 Å². The molecule has 2 aromatic heterocycles. The number of piperidine rings is 1. The molecular formula is C22H25ClN6O3S. The van der Waals surface area contributed by atoms with Crippen LogP contribution >= 0.6 is 11.6 Å². The number of sulfonamides is 1. The number of carbonyl (C=O) groups is 1. The van der Waals surface area contributed by atoms with Crippen LogP contribution in [0.1, 0.15) is 47.8 Å². The van der Waals surface area contributed by atoms with Gasteiger partial charge in [0.05, 0.1) is 29.2 Å². The van der Waals surface area contributed by atoms with Gasteiger partial charge in [0.15, 0.2) is 5.65 Å². The highest BCUT2D eigenvalue weighted by Crippen LogP contribution is 2.34. The Bertz CT molecular complexity index is 1320. The Kier molecular flexibility index (Phi) is 5.65. The number of halogens is 1. The predicted molar refractivity (Wildman–Crippen MR) is 127 cm³/mol. The van der Waals surface area contributed by atoms with Gasteiger partial charge in [0.2, 0.25) is 10.0 Å². The Balaban J connectivity index is 1.48. The van der Waals surface area contributed by atoms with Gasteiger partial charge in [-0.05, 0) is 49.9 Å². The minimum atomic E-state index is -3.56. The molecule has 1 atom stereocenters. The third-order valence-corrected chi connectivity index (χ3v) is 6.95. The molecule has 0 saturated carbocycles. The van der Waals surface area contributed by atoms with Gasteiger partial charge in [0.25, 0.3) is 5.91 Å². The summed E-state index contributed by atoms with van der Waals surface area (Å²) in [5.74, 6) is 0.659. The molecule has 3 aromatic rings. The van der Waals surface area contributed by atoms with Gasteiger partial charge in [0.1, 0.15) is 5.82 Å². The van der Waals surface area contributed by atoms with Gasteiger partial charge in [-0.1, -0.05) is 11.6 Å². The second kappa shape index (κ2) is 8.49. The van der Waals surface area contributed by atoms with Crippen LogP contribution in [0.25, 0.3) is 5.65 Å². The molecule has 174 valence electrons. The lowest BCUT2D eigenvalue weighted by atomic mass is 9.98. The molecule has 2 aliphatic rings. The fraction of sp³-hybridized carbons (Fsp3) is 0.409. The van der Waals surface area contributed by atoms with Crippen molar-refractivity contribution in [1.82, 2.24) is 19.5 Å². The minimum absolute atomic E-state index is 0.215. The number of rotatable bonds is 5. The lowest BCUT2D eigenvalue weighted by molar-refractivity contribution is 0.0607. The summed E-state index contributed by atoms with van der Waals surface area (Å²) in [7, 11) is -3.56. The van der Waals surface area contributed by atoms with Crippen molar-refractivity contribution in [1.29, 1.82) is 0 Å². The quantitative estimate of drug-likeness (QED) is 0.591. The molecule has 1 amide bonds. The van der Waals surface area contributed by atoms with Gasteiger partial charge in [-0.15, -0.1) is 0 Å². The summed E-state index contributed by atoms with van der Waals surface area (Å²) < 4.78 is 27.8. The van der Waals surface area contributed by atoms with E-state index in [2.05, 4.69) is 9.62 Å². The van der Waals surface area contributed by atoms with E-state index in [0.29, 0.717) is 11.6 Å². The average Bonchev–Trinajstić information content (AvgIpc) is 3.16. The summed E-state index contributed by atoms with van der Waals surface area (Å²) in [5.41, 5.74) is 1.96. The number of amides is 1. The van der Waals surface area contributed by atoms with Crippen molar-refractivity contribution >= 4 is 44.7 Å². The van der Waals surface area contributed by atoms with E-state index in [4.69, 9.17) is 21.7 Å². The van der Waals surface area contributed by atoms with E-state index in [1.165, 1.54) is 18.6 Å². The molecule has 33 heavy (non-hydrogen) atoms. The third-order valence-electron chi connectivity index (χ3n) is 6.12. The summed E-state index contributed by atoms with van der Waals surface area (Å²) in [5, 5.41) is 5.07. The minimum Gasteiger partial charge on any atom is -0.356 e. The molecule has 9 nitrogen and oxygen atoms in total. The molecule has 0 unspecified atom stereocenters. The van der Waals surface area contributed by atoms with Gasteiger partial charge >= 0.3 is 0 Å². The zero-order valence-electron chi connectivity index (χ0n) is 18.2. The van der Waals surface area contributed by atoms with Crippen molar-refractivity contribution < 1.29 is 13.2 Å². The van der Waals surface area contributed by atoms with Crippen molar-refractivity contribution in [2.45, 2.75) is 31.7 Å². The van der Waals surface area contributed by atoms with E-state index in [9.17, 15) is 13.2 Å². The Hall–Kier alpha value is -2.85. The fourth-order valence-corrected chi connectivity index (χ4v) is 5.14. The Morgan fingerprint density at radius 3 is 2.67 bits per heavy atom. The summed E-state index contributed by atoms with van der Waals surface area (Å²) in [6, 6.07) is 8.25. The molecule has 2 aliphatic heterocycles. The van der Waals surface area contributed by atoms with Crippen LogP contribution < -0.4 is 9.62 Å². The summed E-state index contributed by atoms with van der Waals surface area (Å²) in [6.45, 7) is 2.58. The molecule has 11 heteroatoms. The van der Waals surface area contributed by atoms with Gasteiger partial charge in [-0.2, -0.15) is 5.10 Å². The number of fused-ring (bicyclic) bond motifs is 1. The molecule has 4 heterocycles. The van der Waals surface area contributed by atoms with E-state index < -0.39 is 10.0 Å². The molecule has 1 N–H and O–H groups in total. The van der Waals surface area contributed by atoms with Crippen molar-refractivity contribution in [3.05, 3.63) is 52.8 Å². The van der Waals surface area contributed by atoms with Gasteiger partial charge in [-0.25, -0.2) is 17.9 Å². The molecule has 0 bridgehead atoms. The number of anilines is 2. The number of carbonyl (C=O) groups excluding carboxylic acids is 1. The first-order chi connectivity index (χ1) is 15.8. The van der Waals surface area contributed by atoms with Crippen LogP contribution in [0.5, 0.6) is 0 Å². The molecule has 0 spiro atoms. The van der Waals surface area contributed by atoms with Gasteiger partial charge in [-0.3, -0.25) is 9.52 Å². The first kappa shape index (κ1) is 22.0. The first-order valence-corrected chi connectivity index (χ1v) is 13.2. The summed E-state index contributed by atoms with van der Waals surface area (Å²) in [4.78, 5) is 22.3. The lowest BCUT2D eigenvalue weighted by Gasteiger charge is -2.35. The number of likely N-dealkylation sites (tertiary alicyclic amines) is 1. The number of hydrogen-bond donors (Lipinski definition) is 1. The highest BCUT2D eigenvalue weighted by Gasteiger charge is 2.32. The SMILES string of the molecule is CS(=O)(=O)Nc1ccc(Cl)cc1C(=O)N1CCCC[C@H]1c1cc2nc(N3CCC3)ccn2n1. The lowest BCUT2D eigenvalue weighted by Crippen LogP contribution is -2.39. The van der Waals surface area contributed by atoms with E-state index in [0.717, 1.165) is 55.8 Å². The van der Waals surface area contributed by atoms with Crippen LogP contribution in [-0.2, 0) is 10.0 Å². The standard InChI is InChI=1S/C22H25ClN6O3S/c1-33(31,32)26-17-7-6-15(23)13-16(17)22(30)28-11-3-2-5-19(28)18-14-21-24-20(27-9-4-10-27)8-12-29(21)25-18/h6-8,12-14,19,26H,2-5,9-11H2,1H3/t19-/m0/s1. The van der Waals surface area contributed by atoms with E-state index in [1.54, 1.807) is 15.5 Å². The van der Waals surface area contributed by atoms with Crippen molar-refractivity contribution in [3.63, 3.8) is 0 Å². The summed E-state index contributed by atoms with van der Waals surface area (Å²) >= 11 is 6.16. The molecule has 0 radical (unpaired) electrons. The highest BCUT2D eigenvalue weighted by molar-refractivity contribution is 7.92. The highest BCUT2D eigenvalue weighted by atomic mass is 35.5. The smallest absolute Gasteiger partial charge is 0.256 e. The second-order valence-electron chi connectivity index (χ2n) is 8.57. The number of benzene rings is 1. The summed E-state index contributed by atoms with van der Waals surface area (Å²) in [6.07, 6.45) is 6.73. The van der Waals surface area contributed by atoms with Crippen molar-refractivity contribution in [3.8, 4) is 0 Å². The number of hydrogen-bond acceptors (Lipinski definition) is 6. The fourth-order valence-electron chi connectivity index (χ4n) is 4.39. The number of aromatic nitrogens is 3. The van der Waals surface area contributed by atoms with Crippen LogP contribution in [0, 0.1) is 0 Å². The monoisotopic (exact) mass is 488 g/mol. The maximum Gasteiger partial charge on any atom is 0.256 e. The van der Waals surface area contributed by atoms with Crippen molar-refractivity contribution in [2.75, 3.05) is 35.5 Å².